The van der Waals surface area contributed by atoms with Crippen LogP contribution >= 0.6 is 0 Å². The molecule has 2 aromatic rings. The zero-order valence-corrected chi connectivity index (χ0v) is 12.3. The predicted molar refractivity (Wildman–Crippen MR) is 82.7 cm³/mol. The zero-order valence-electron chi connectivity index (χ0n) is 12.3. The van der Waals surface area contributed by atoms with Gasteiger partial charge in [-0.2, -0.15) is 0 Å². The third-order valence-electron chi connectivity index (χ3n) is 4.17. The summed E-state index contributed by atoms with van der Waals surface area (Å²) in [5.74, 6) is 0.781. The van der Waals surface area contributed by atoms with Crippen molar-refractivity contribution in [2.75, 3.05) is 7.11 Å². The summed E-state index contributed by atoms with van der Waals surface area (Å²) in [5, 5.41) is 0. The van der Waals surface area contributed by atoms with E-state index < -0.39 is 0 Å². The van der Waals surface area contributed by atoms with Crippen LogP contribution in [0.4, 0.5) is 0 Å². The highest BCUT2D eigenvalue weighted by molar-refractivity contribution is 5.94. The highest BCUT2D eigenvalue weighted by atomic mass is 16.5. The smallest absolute Gasteiger partial charge is 0.334 e. The van der Waals surface area contributed by atoms with E-state index in [9.17, 15) is 4.79 Å². The molecule has 0 atom stereocenters. The number of imidazole rings is 1. The lowest BCUT2D eigenvalue weighted by Gasteiger charge is -2.22. The minimum absolute atomic E-state index is 0.234. The van der Waals surface area contributed by atoms with Gasteiger partial charge in [0.2, 0.25) is 0 Å². The van der Waals surface area contributed by atoms with E-state index in [0.29, 0.717) is 5.92 Å². The molecule has 1 N–H and O–H groups in total. The summed E-state index contributed by atoms with van der Waals surface area (Å²) < 4.78 is 4.96. The molecule has 1 aliphatic carbocycles. The van der Waals surface area contributed by atoms with E-state index in [1.165, 1.54) is 26.4 Å². The molecule has 0 bridgehead atoms. The average Bonchev–Trinajstić information content (AvgIpc) is 2.95. The van der Waals surface area contributed by atoms with Gasteiger partial charge in [-0.25, -0.2) is 9.78 Å². The molecular formula is C17H20N2O2. The third kappa shape index (κ3) is 2.99. The van der Waals surface area contributed by atoms with Crippen molar-refractivity contribution in [1.29, 1.82) is 0 Å². The van der Waals surface area contributed by atoms with Crippen LogP contribution in [0.15, 0.2) is 29.8 Å². The minimum atomic E-state index is -0.234. The SMILES string of the molecule is COC(=O)C(=Cc1nc2ccccc2[nH]1)C1CCCCC1. The lowest BCUT2D eigenvalue weighted by atomic mass is 9.83. The molecule has 1 aromatic carbocycles. The largest absolute Gasteiger partial charge is 0.466 e. The van der Waals surface area contributed by atoms with E-state index in [-0.39, 0.29) is 5.97 Å². The van der Waals surface area contributed by atoms with Crippen LogP contribution in [-0.2, 0) is 9.53 Å². The Labute approximate surface area is 124 Å². The van der Waals surface area contributed by atoms with Gasteiger partial charge in [0.05, 0.1) is 18.1 Å². The maximum Gasteiger partial charge on any atom is 0.334 e. The van der Waals surface area contributed by atoms with Gasteiger partial charge in [-0.15, -0.1) is 0 Å². The molecule has 0 amide bonds. The van der Waals surface area contributed by atoms with Crippen LogP contribution in [0.2, 0.25) is 0 Å². The minimum Gasteiger partial charge on any atom is -0.466 e. The molecule has 0 unspecified atom stereocenters. The normalized spacial score (nSPS) is 17.1. The quantitative estimate of drug-likeness (QED) is 0.690. The molecule has 110 valence electrons. The fraction of sp³-hybridized carbons (Fsp3) is 0.412. The summed E-state index contributed by atoms with van der Waals surface area (Å²) in [4.78, 5) is 19.9. The Morgan fingerprint density at radius 2 is 2.05 bits per heavy atom. The number of benzene rings is 1. The number of para-hydroxylation sites is 2. The van der Waals surface area contributed by atoms with Crippen LogP contribution < -0.4 is 0 Å². The summed E-state index contributed by atoms with van der Waals surface area (Å²) in [6.07, 6.45) is 7.60. The summed E-state index contributed by atoms with van der Waals surface area (Å²) in [6, 6.07) is 7.87. The second-order valence-corrected chi connectivity index (χ2v) is 5.57. The fourth-order valence-electron chi connectivity index (χ4n) is 3.06. The molecule has 0 radical (unpaired) electrons. The van der Waals surface area contributed by atoms with Gasteiger partial charge in [0.15, 0.2) is 0 Å². The number of hydrogen-bond donors (Lipinski definition) is 1. The first-order valence-electron chi connectivity index (χ1n) is 7.52. The van der Waals surface area contributed by atoms with E-state index >= 15 is 0 Å². The van der Waals surface area contributed by atoms with Gasteiger partial charge >= 0.3 is 5.97 Å². The summed E-state index contributed by atoms with van der Waals surface area (Å²) in [6.45, 7) is 0. The van der Waals surface area contributed by atoms with Crippen molar-refractivity contribution in [2.45, 2.75) is 32.1 Å². The number of nitrogens with one attached hydrogen (secondary N) is 1. The lowest BCUT2D eigenvalue weighted by molar-refractivity contribution is -0.136. The highest BCUT2D eigenvalue weighted by Crippen LogP contribution is 2.31. The van der Waals surface area contributed by atoms with E-state index in [2.05, 4.69) is 9.97 Å². The second-order valence-electron chi connectivity index (χ2n) is 5.57. The average molecular weight is 284 g/mol. The molecule has 0 saturated heterocycles. The zero-order chi connectivity index (χ0) is 14.7. The monoisotopic (exact) mass is 284 g/mol. The van der Waals surface area contributed by atoms with E-state index in [4.69, 9.17) is 4.74 Å². The first-order valence-corrected chi connectivity index (χ1v) is 7.52. The fourth-order valence-corrected chi connectivity index (χ4v) is 3.06. The van der Waals surface area contributed by atoms with Crippen LogP contribution in [0.25, 0.3) is 17.1 Å². The van der Waals surface area contributed by atoms with Gasteiger partial charge in [-0.1, -0.05) is 31.4 Å². The number of H-pyrrole nitrogens is 1. The molecule has 21 heavy (non-hydrogen) atoms. The van der Waals surface area contributed by atoms with Crippen molar-refractivity contribution in [3.05, 3.63) is 35.7 Å². The van der Waals surface area contributed by atoms with Crippen LogP contribution in [0.5, 0.6) is 0 Å². The van der Waals surface area contributed by atoms with Gasteiger partial charge in [0, 0.05) is 5.57 Å². The predicted octanol–water partition coefficient (Wildman–Crippen LogP) is 3.70. The Kier molecular flexibility index (Phi) is 4.04. The summed E-state index contributed by atoms with van der Waals surface area (Å²) in [5.41, 5.74) is 2.64. The van der Waals surface area contributed by atoms with Gasteiger partial charge in [-0.05, 0) is 37.0 Å². The molecule has 0 aliphatic heterocycles. The molecule has 4 nitrogen and oxygen atoms in total. The van der Waals surface area contributed by atoms with Crippen molar-refractivity contribution in [2.24, 2.45) is 5.92 Å². The molecule has 0 spiro atoms. The Bertz CT molecular complexity index is 633. The van der Waals surface area contributed by atoms with Crippen LogP contribution in [0.1, 0.15) is 37.9 Å². The number of carbonyl (C=O) groups is 1. The van der Waals surface area contributed by atoms with Crippen molar-refractivity contribution >= 4 is 23.1 Å². The maximum absolute atomic E-state index is 12.1. The van der Waals surface area contributed by atoms with Gasteiger partial charge in [0.1, 0.15) is 5.82 Å². The molecule has 1 aliphatic rings. The van der Waals surface area contributed by atoms with Crippen LogP contribution in [0.3, 0.4) is 0 Å². The van der Waals surface area contributed by atoms with Gasteiger partial charge in [-0.3, -0.25) is 0 Å². The molecule has 1 heterocycles. The van der Waals surface area contributed by atoms with E-state index in [1.807, 2.05) is 30.3 Å². The topological polar surface area (TPSA) is 55.0 Å². The first kappa shape index (κ1) is 13.9. The van der Waals surface area contributed by atoms with Gasteiger partial charge < -0.3 is 9.72 Å². The molecule has 4 heteroatoms. The number of ether oxygens (including phenoxy) is 1. The first-order chi connectivity index (χ1) is 10.3. The Morgan fingerprint density at radius 3 is 2.76 bits per heavy atom. The number of hydrogen-bond acceptors (Lipinski definition) is 3. The molecule has 1 fully saturated rings. The number of rotatable bonds is 3. The van der Waals surface area contributed by atoms with Crippen molar-refractivity contribution in [3.8, 4) is 0 Å². The molecule has 1 aromatic heterocycles. The summed E-state index contributed by atoms with van der Waals surface area (Å²) >= 11 is 0. The van der Waals surface area contributed by atoms with E-state index in [0.717, 1.165) is 35.3 Å². The Morgan fingerprint density at radius 1 is 1.29 bits per heavy atom. The molecule has 1 saturated carbocycles. The number of carbonyl (C=O) groups excluding carboxylic acids is 1. The number of aromatic amines is 1. The van der Waals surface area contributed by atoms with Crippen molar-refractivity contribution in [3.63, 3.8) is 0 Å². The molecular weight excluding hydrogens is 264 g/mol. The maximum atomic E-state index is 12.1. The van der Waals surface area contributed by atoms with E-state index in [1.54, 1.807) is 0 Å². The number of fused-ring (bicyclic) bond motifs is 1. The Balaban J connectivity index is 1.95. The number of esters is 1. The number of nitrogens with zero attached hydrogens (tertiary/aromatic N) is 1. The molecule has 3 rings (SSSR count). The van der Waals surface area contributed by atoms with Crippen molar-refractivity contribution < 1.29 is 9.53 Å². The number of aromatic nitrogens is 2. The second kappa shape index (κ2) is 6.12. The number of methoxy groups -OCH3 is 1. The van der Waals surface area contributed by atoms with Crippen molar-refractivity contribution in [1.82, 2.24) is 9.97 Å². The third-order valence-corrected chi connectivity index (χ3v) is 4.17. The van der Waals surface area contributed by atoms with Gasteiger partial charge in [0.25, 0.3) is 0 Å². The Hall–Kier alpha value is -2.10. The summed E-state index contributed by atoms with van der Waals surface area (Å²) in [7, 11) is 1.44. The lowest BCUT2D eigenvalue weighted by Crippen LogP contribution is -2.17. The highest BCUT2D eigenvalue weighted by Gasteiger charge is 2.24. The van der Waals surface area contributed by atoms with Crippen LogP contribution in [0, 0.1) is 5.92 Å². The standard InChI is InChI=1S/C17H20N2O2/c1-21-17(20)13(12-7-3-2-4-8-12)11-16-18-14-9-5-6-10-15(14)19-16/h5-6,9-12H,2-4,7-8H2,1H3,(H,18,19). The van der Waals surface area contributed by atoms with Crippen LogP contribution in [-0.4, -0.2) is 23.0 Å².